The minimum Gasteiger partial charge on any atom is -0.434 e. The number of benzene rings is 1. The van der Waals surface area contributed by atoms with E-state index in [2.05, 4.69) is 15.3 Å². The number of aromatic nitrogens is 1. The normalized spacial score (nSPS) is 11.9. The van der Waals surface area contributed by atoms with Gasteiger partial charge in [0.15, 0.2) is 17.1 Å². The Morgan fingerprint density at radius 2 is 1.85 bits per heavy atom. The van der Waals surface area contributed by atoms with E-state index < -0.39 is 11.7 Å². The molecule has 0 atom stereocenters. The molecule has 2 rings (SSSR count). The van der Waals surface area contributed by atoms with E-state index in [1.165, 1.54) is 23.9 Å². The number of thioether (sulfide) groups is 1. The maximum Gasteiger partial charge on any atom is 0.417 e. The molecule has 5 nitrogen and oxygen atoms in total. The fourth-order valence-electron chi connectivity index (χ4n) is 1.75. The van der Waals surface area contributed by atoms with E-state index in [0.29, 0.717) is 23.1 Å². The van der Waals surface area contributed by atoms with Crippen molar-refractivity contribution in [3.63, 3.8) is 0 Å². The van der Waals surface area contributed by atoms with E-state index in [1.54, 1.807) is 12.4 Å². The molecule has 0 spiro atoms. The van der Waals surface area contributed by atoms with Gasteiger partial charge in [-0.05, 0) is 24.5 Å². The molecule has 0 unspecified atom stereocenters. The van der Waals surface area contributed by atoms with Gasteiger partial charge in [-0.15, -0.1) is 0 Å². The summed E-state index contributed by atoms with van der Waals surface area (Å²) in [4.78, 5) is 7.71. The summed E-state index contributed by atoms with van der Waals surface area (Å²) >= 11 is 19.2. The van der Waals surface area contributed by atoms with Crippen LogP contribution in [0, 0.1) is 11.5 Å². The molecule has 0 fully saturated rings. The van der Waals surface area contributed by atoms with Crippen LogP contribution >= 0.6 is 46.6 Å². The van der Waals surface area contributed by atoms with Gasteiger partial charge in [0.25, 0.3) is 0 Å². The number of nitrogens with one attached hydrogen (secondary N) is 1. The highest BCUT2D eigenvalue weighted by molar-refractivity contribution is 8.13. The maximum atomic E-state index is 12.7. The Hall–Kier alpha value is -1.86. The standard InChI is InChI=1S/C15H8Cl3F3N4OS/c1-27-14(24-6-22)25-8-3-9(16)12(10(17)4-8)26-13-11(18)2-7(5-23-13)15(19,20)21/h2-5H,1H3,(H,24,25). The van der Waals surface area contributed by atoms with E-state index in [4.69, 9.17) is 44.8 Å². The first-order chi connectivity index (χ1) is 12.7. The number of alkyl halides is 3. The van der Waals surface area contributed by atoms with Crippen LogP contribution < -0.4 is 10.1 Å². The molecule has 0 aliphatic carbocycles. The molecule has 0 saturated heterocycles. The van der Waals surface area contributed by atoms with Crippen LogP contribution in [0.15, 0.2) is 29.4 Å². The lowest BCUT2D eigenvalue weighted by Crippen LogP contribution is -2.12. The van der Waals surface area contributed by atoms with Crippen LogP contribution in [0.5, 0.6) is 11.6 Å². The number of ether oxygens (including phenoxy) is 1. The second kappa shape index (κ2) is 8.89. The summed E-state index contributed by atoms with van der Waals surface area (Å²) in [6.07, 6.45) is -0.555. The third-order valence-corrected chi connectivity index (χ3v) is 4.32. The Kier molecular flexibility index (Phi) is 7.06. The second-order valence-electron chi connectivity index (χ2n) is 4.71. The van der Waals surface area contributed by atoms with E-state index in [0.717, 1.165) is 0 Å². The second-order valence-corrected chi connectivity index (χ2v) is 6.72. The number of aliphatic imine (C=N–C) groups is 1. The van der Waals surface area contributed by atoms with Crippen molar-refractivity contribution in [3.8, 4) is 17.8 Å². The van der Waals surface area contributed by atoms with Crippen molar-refractivity contribution in [3.05, 3.63) is 45.0 Å². The van der Waals surface area contributed by atoms with Crippen molar-refractivity contribution in [1.29, 1.82) is 5.26 Å². The largest absolute Gasteiger partial charge is 0.434 e. The Labute approximate surface area is 171 Å². The molecule has 0 aliphatic rings. The van der Waals surface area contributed by atoms with Crippen LogP contribution in [0.3, 0.4) is 0 Å². The molecule has 12 heteroatoms. The first kappa shape index (κ1) is 21.4. The number of amidine groups is 1. The van der Waals surface area contributed by atoms with Gasteiger partial charge in [0, 0.05) is 6.20 Å². The van der Waals surface area contributed by atoms with Gasteiger partial charge in [0.05, 0.1) is 21.3 Å². The average Bonchev–Trinajstić information content (AvgIpc) is 2.58. The van der Waals surface area contributed by atoms with Crippen LogP contribution in [0.4, 0.5) is 18.9 Å². The minimum atomic E-state index is -4.59. The number of nitrogens with zero attached hydrogens (tertiary/aromatic N) is 3. The van der Waals surface area contributed by atoms with Crippen LogP contribution in [0.2, 0.25) is 15.1 Å². The lowest BCUT2D eigenvalue weighted by molar-refractivity contribution is -0.137. The van der Waals surface area contributed by atoms with Crippen molar-refractivity contribution < 1.29 is 17.9 Å². The van der Waals surface area contributed by atoms with Crippen molar-refractivity contribution >= 4 is 57.4 Å². The fourth-order valence-corrected chi connectivity index (χ4v) is 2.85. The van der Waals surface area contributed by atoms with Crippen molar-refractivity contribution in [2.75, 3.05) is 6.26 Å². The number of pyridine rings is 1. The van der Waals surface area contributed by atoms with Crippen molar-refractivity contribution in [2.24, 2.45) is 4.99 Å². The zero-order valence-electron chi connectivity index (χ0n) is 13.2. The van der Waals surface area contributed by atoms with Gasteiger partial charge in [0.2, 0.25) is 5.88 Å². The monoisotopic (exact) mass is 454 g/mol. The summed E-state index contributed by atoms with van der Waals surface area (Å²) in [5.41, 5.74) is -0.688. The SMILES string of the molecule is CSC(=Nc1cc(Cl)c(Oc2ncc(C(F)(F)F)cc2Cl)c(Cl)c1)NC#N. The Morgan fingerprint density at radius 3 is 2.33 bits per heavy atom. The highest BCUT2D eigenvalue weighted by Gasteiger charge is 2.32. The number of hydrogen-bond acceptors (Lipinski definition) is 5. The van der Waals surface area contributed by atoms with Gasteiger partial charge in [-0.1, -0.05) is 46.6 Å². The summed E-state index contributed by atoms with van der Waals surface area (Å²) in [5.74, 6) is -0.342. The molecule has 142 valence electrons. The van der Waals surface area contributed by atoms with Crippen LogP contribution in [0.25, 0.3) is 0 Å². The molecule has 0 saturated carbocycles. The van der Waals surface area contributed by atoms with Gasteiger partial charge < -0.3 is 4.74 Å². The molecular weight excluding hydrogens is 448 g/mol. The highest BCUT2D eigenvalue weighted by Crippen LogP contribution is 2.41. The molecule has 1 aromatic heterocycles. The van der Waals surface area contributed by atoms with Gasteiger partial charge in [0.1, 0.15) is 5.02 Å². The highest BCUT2D eigenvalue weighted by atomic mass is 35.5. The van der Waals surface area contributed by atoms with Gasteiger partial charge >= 0.3 is 6.18 Å². The summed E-state index contributed by atoms with van der Waals surface area (Å²) in [5, 5.41) is 11.0. The smallest absolute Gasteiger partial charge is 0.417 e. The third-order valence-electron chi connectivity index (χ3n) is 2.90. The quantitative estimate of drug-likeness (QED) is 0.255. The summed E-state index contributed by atoms with van der Waals surface area (Å²) in [7, 11) is 0. The maximum absolute atomic E-state index is 12.7. The third kappa shape index (κ3) is 5.56. The van der Waals surface area contributed by atoms with Gasteiger partial charge in [-0.2, -0.15) is 18.4 Å². The summed E-state index contributed by atoms with van der Waals surface area (Å²) in [6.45, 7) is 0. The molecule has 0 bridgehead atoms. The average molecular weight is 456 g/mol. The molecule has 27 heavy (non-hydrogen) atoms. The first-order valence-electron chi connectivity index (χ1n) is 6.83. The predicted molar refractivity (Wildman–Crippen MR) is 100 cm³/mol. The Bertz CT molecular complexity index is 908. The number of rotatable bonds is 3. The molecule has 1 N–H and O–H groups in total. The number of halogens is 6. The molecular formula is C15H8Cl3F3N4OS. The minimum absolute atomic E-state index is 0.0245. The lowest BCUT2D eigenvalue weighted by atomic mass is 10.3. The number of hydrogen-bond donors (Lipinski definition) is 1. The lowest BCUT2D eigenvalue weighted by Gasteiger charge is -2.12. The van der Waals surface area contributed by atoms with E-state index in [1.807, 2.05) is 0 Å². The summed E-state index contributed by atoms with van der Waals surface area (Å²) < 4.78 is 43.4. The Balaban J connectivity index is 2.34. The molecule has 0 amide bonds. The van der Waals surface area contributed by atoms with Gasteiger partial charge in [-0.25, -0.2) is 9.98 Å². The van der Waals surface area contributed by atoms with Crippen molar-refractivity contribution in [1.82, 2.24) is 10.3 Å². The first-order valence-corrected chi connectivity index (χ1v) is 9.19. The zero-order valence-corrected chi connectivity index (χ0v) is 16.3. The molecule has 0 aliphatic heterocycles. The van der Waals surface area contributed by atoms with Crippen LogP contribution in [-0.2, 0) is 6.18 Å². The number of nitriles is 1. The fraction of sp³-hybridized carbons (Fsp3) is 0.133. The van der Waals surface area contributed by atoms with E-state index >= 15 is 0 Å². The van der Waals surface area contributed by atoms with Crippen LogP contribution in [-0.4, -0.2) is 16.4 Å². The molecule has 1 heterocycles. The predicted octanol–water partition coefficient (Wildman–Crippen LogP) is 6.27. The molecule has 1 aromatic carbocycles. The Morgan fingerprint density at radius 1 is 1.22 bits per heavy atom. The topological polar surface area (TPSA) is 70.3 Å². The molecule has 2 aromatic rings. The van der Waals surface area contributed by atoms with E-state index in [-0.39, 0.29) is 26.7 Å². The van der Waals surface area contributed by atoms with Crippen LogP contribution in [0.1, 0.15) is 5.56 Å². The zero-order chi connectivity index (χ0) is 20.2. The molecule has 0 radical (unpaired) electrons. The van der Waals surface area contributed by atoms with E-state index in [9.17, 15) is 13.2 Å². The van der Waals surface area contributed by atoms with Crippen molar-refractivity contribution in [2.45, 2.75) is 6.18 Å². The summed E-state index contributed by atoms with van der Waals surface area (Å²) in [6, 6.07) is 3.48. The van der Waals surface area contributed by atoms with Gasteiger partial charge in [-0.3, -0.25) is 5.32 Å².